The molecule has 0 heterocycles. The highest BCUT2D eigenvalue weighted by molar-refractivity contribution is 7.97. The van der Waals surface area contributed by atoms with Crippen molar-refractivity contribution in [1.29, 1.82) is 0 Å². The maximum atomic E-state index is 11.5. The zero-order chi connectivity index (χ0) is 23.8. The molecule has 0 saturated carbocycles. The molecule has 0 aromatic rings. The molecule has 0 saturated heterocycles. The van der Waals surface area contributed by atoms with Crippen LogP contribution in [0.15, 0.2) is 72.9 Å². The largest absolute Gasteiger partial charge is 0.480 e. The van der Waals surface area contributed by atoms with Crippen LogP contribution < -0.4 is 5.32 Å². The number of rotatable bonds is 19. The number of unbranched alkanes of at least 4 members (excludes halogenated alkanes) is 7. The second-order valence-electron chi connectivity index (χ2n) is 6.91. The van der Waals surface area contributed by atoms with Gasteiger partial charge in [-0.2, -0.15) is 0 Å². The van der Waals surface area contributed by atoms with E-state index in [1.54, 1.807) is 12.2 Å². The first kappa shape index (κ1) is 30.4. The number of allylic oxidation sites excluding steroid dienone is 11. The number of hydrogen-bond donors (Lipinski definition) is 3. The lowest BCUT2D eigenvalue weighted by molar-refractivity contribution is -0.116. The Morgan fingerprint density at radius 1 is 0.844 bits per heavy atom. The topological polar surface area (TPSA) is 95.9 Å². The first-order chi connectivity index (χ1) is 15.5. The lowest BCUT2D eigenvalue weighted by Crippen LogP contribution is -2.23. The summed E-state index contributed by atoms with van der Waals surface area (Å²) < 4.78 is 14.7. The number of amides is 1. The van der Waals surface area contributed by atoms with Crippen molar-refractivity contribution in [3.8, 4) is 0 Å². The van der Waals surface area contributed by atoms with Crippen LogP contribution in [0.1, 0.15) is 58.3 Å². The van der Waals surface area contributed by atoms with E-state index in [1.165, 1.54) is 51.0 Å². The Morgan fingerprint density at radius 3 is 1.97 bits per heavy atom. The second-order valence-corrected chi connectivity index (χ2v) is 9.14. The molecule has 0 bridgehead atoms. The summed E-state index contributed by atoms with van der Waals surface area (Å²) in [6.07, 6.45) is 33.0. The Morgan fingerprint density at radius 2 is 1.38 bits per heavy atom. The van der Waals surface area contributed by atoms with Crippen molar-refractivity contribution in [3.63, 3.8) is 0 Å². The normalized spacial score (nSPS) is 13.2. The molecule has 180 valence electrons. The molecule has 0 atom stereocenters. The molecule has 0 unspecified atom stereocenters. The molecular weight excluding hydrogens is 445 g/mol. The minimum absolute atomic E-state index is 0.235. The summed E-state index contributed by atoms with van der Waals surface area (Å²) in [6.45, 7) is 2.49. The van der Waals surface area contributed by atoms with E-state index in [4.69, 9.17) is 9.79 Å². The highest BCUT2D eigenvalue weighted by atomic mass is 32.2. The molecular formula is C24H38NO5PS. The van der Waals surface area contributed by atoms with E-state index in [1.807, 2.05) is 42.5 Å². The van der Waals surface area contributed by atoms with Crippen molar-refractivity contribution < 1.29 is 23.1 Å². The van der Waals surface area contributed by atoms with Crippen LogP contribution in [0, 0.1) is 0 Å². The van der Waals surface area contributed by atoms with Crippen molar-refractivity contribution >= 4 is 25.8 Å². The van der Waals surface area contributed by atoms with Crippen molar-refractivity contribution in [1.82, 2.24) is 5.32 Å². The maximum absolute atomic E-state index is 11.5. The summed E-state index contributed by atoms with van der Waals surface area (Å²) in [6, 6.07) is 0. The number of phosphoric acid groups is 1. The van der Waals surface area contributed by atoms with Gasteiger partial charge in [0.1, 0.15) is 0 Å². The van der Waals surface area contributed by atoms with Crippen molar-refractivity contribution in [3.05, 3.63) is 72.9 Å². The summed E-state index contributed by atoms with van der Waals surface area (Å²) in [5, 5.41) is 2.57. The standard InChI is InChI=1S/C24H38NO5PS/c1-2-3-4-5-6-7-8-9-10-11-12-13-14-15-16-17-18-19-20-21-24(26)25-22-23-32-30-31(27,28)29/h10-21H,2-9,22-23H2,1H3,(H,25,26)(H2,27,28,29)/b11-10-,13-12-,15-14-,17-16-,19-18-,21-20+. The Hall–Kier alpha value is -1.63. The van der Waals surface area contributed by atoms with E-state index in [0.717, 1.165) is 6.42 Å². The molecule has 0 aromatic carbocycles. The molecule has 6 nitrogen and oxygen atoms in total. The summed E-state index contributed by atoms with van der Waals surface area (Å²) in [4.78, 5) is 28.5. The van der Waals surface area contributed by atoms with Gasteiger partial charge in [-0.3, -0.25) is 4.79 Å². The summed E-state index contributed by atoms with van der Waals surface area (Å²) in [5.74, 6) is -0.0561. The average Bonchev–Trinajstić information content (AvgIpc) is 2.74. The van der Waals surface area contributed by atoms with Gasteiger partial charge in [0.25, 0.3) is 0 Å². The van der Waals surface area contributed by atoms with Gasteiger partial charge in [0, 0.05) is 30.4 Å². The molecule has 0 aliphatic carbocycles. The van der Waals surface area contributed by atoms with Gasteiger partial charge in [-0.05, 0) is 12.8 Å². The Kier molecular flexibility index (Phi) is 21.4. The quantitative estimate of drug-likeness (QED) is 0.0652. The zero-order valence-corrected chi connectivity index (χ0v) is 20.7. The van der Waals surface area contributed by atoms with E-state index in [9.17, 15) is 9.36 Å². The SMILES string of the molecule is CCCCCCCCC\C=C/C=C\C=C/C=C\C=C/C=C/C(=O)NCCSOP(=O)(O)O. The van der Waals surface area contributed by atoms with Gasteiger partial charge in [-0.1, -0.05) is 112 Å². The third-order valence-electron chi connectivity index (χ3n) is 3.99. The minimum Gasteiger partial charge on any atom is -0.352 e. The lowest BCUT2D eigenvalue weighted by atomic mass is 10.1. The van der Waals surface area contributed by atoms with Crippen LogP contribution in [0.25, 0.3) is 0 Å². The van der Waals surface area contributed by atoms with E-state index < -0.39 is 7.82 Å². The van der Waals surface area contributed by atoms with E-state index in [-0.39, 0.29) is 18.2 Å². The van der Waals surface area contributed by atoms with Crippen LogP contribution in [-0.4, -0.2) is 28.0 Å². The summed E-state index contributed by atoms with van der Waals surface area (Å²) in [5.41, 5.74) is 0. The van der Waals surface area contributed by atoms with E-state index in [2.05, 4.69) is 28.4 Å². The number of hydrogen-bond acceptors (Lipinski definition) is 4. The maximum Gasteiger partial charge on any atom is 0.480 e. The summed E-state index contributed by atoms with van der Waals surface area (Å²) in [7, 11) is -4.47. The fourth-order valence-corrected chi connectivity index (χ4v) is 3.46. The third kappa shape index (κ3) is 26.4. The molecule has 0 aliphatic rings. The molecule has 1 amide bonds. The molecule has 0 rings (SSSR count). The van der Waals surface area contributed by atoms with Gasteiger partial charge in [-0.25, -0.2) is 8.54 Å². The van der Waals surface area contributed by atoms with Gasteiger partial charge in [0.05, 0.1) is 0 Å². The number of carbonyl (C=O) groups excluding carboxylic acids is 1. The number of nitrogens with one attached hydrogen (secondary N) is 1. The fourth-order valence-electron chi connectivity index (χ4n) is 2.43. The predicted molar refractivity (Wildman–Crippen MR) is 136 cm³/mol. The minimum atomic E-state index is -4.47. The third-order valence-corrected chi connectivity index (χ3v) is 5.56. The van der Waals surface area contributed by atoms with Crippen molar-refractivity contribution in [2.75, 3.05) is 12.3 Å². The number of carbonyl (C=O) groups is 1. The van der Waals surface area contributed by atoms with Crippen LogP contribution in [0.3, 0.4) is 0 Å². The summed E-state index contributed by atoms with van der Waals surface area (Å²) >= 11 is 0.614. The van der Waals surface area contributed by atoms with Gasteiger partial charge < -0.3 is 15.1 Å². The van der Waals surface area contributed by atoms with Gasteiger partial charge in [-0.15, -0.1) is 0 Å². The molecule has 3 N–H and O–H groups in total. The first-order valence-electron chi connectivity index (χ1n) is 11.1. The smallest absolute Gasteiger partial charge is 0.352 e. The Balaban J connectivity index is 3.72. The molecule has 8 heteroatoms. The van der Waals surface area contributed by atoms with E-state index in [0.29, 0.717) is 12.0 Å². The van der Waals surface area contributed by atoms with Gasteiger partial charge in [0.15, 0.2) is 0 Å². The van der Waals surface area contributed by atoms with Crippen LogP contribution in [0.4, 0.5) is 0 Å². The average molecular weight is 484 g/mol. The molecule has 0 aromatic heterocycles. The molecule has 32 heavy (non-hydrogen) atoms. The Bertz CT molecular complexity index is 693. The van der Waals surface area contributed by atoms with Crippen molar-refractivity contribution in [2.24, 2.45) is 0 Å². The van der Waals surface area contributed by atoms with Crippen molar-refractivity contribution in [2.45, 2.75) is 58.3 Å². The highest BCUT2D eigenvalue weighted by Crippen LogP contribution is 2.40. The zero-order valence-electron chi connectivity index (χ0n) is 19.0. The molecule has 0 spiro atoms. The molecule has 0 radical (unpaired) electrons. The predicted octanol–water partition coefficient (Wildman–Crippen LogP) is 6.34. The highest BCUT2D eigenvalue weighted by Gasteiger charge is 2.13. The Labute approximate surface area is 197 Å². The fraction of sp³-hybridized carbons (Fsp3) is 0.458. The van der Waals surface area contributed by atoms with Crippen LogP contribution in [-0.2, 0) is 13.3 Å². The van der Waals surface area contributed by atoms with Gasteiger partial charge >= 0.3 is 7.82 Å². The van der Waals surface area contributed by atoms with Crippen LogP contribution in [0.5, 0.6) is 0 Å². The van der Waals surface area contributed by atoms with Crippen LogP contribution in [0.2, 0.25) is 0 Å². The monoisotopic (exact) mass is 483 g/mol. The first-order valence-corrected chi connectivity index (χ1v) is 13.5. The second kappa shape index (κ2) is 22.6. The van der Waals surface area contributed by atoms with Gasteiger partial charge in [0.2, 0.25) is 5.91 Å². The molecule has 0 fully saturated rings. The molecule has 0 aliphatic heterocycles. The van der Waals surface area contributed by atoms with Crippen LogP contribution >= 0.6 is 19.9 Å². The lowest BCUT2D eigenvalue weighted by Gasteiger charge is -2.03. The van der Waals surface area contributed by atoms with E-state index >= 15 is 0 Å².